The lowest BCUT2D eigenvalue weighted by Crippen LogP contribution is -2.01. The first kappa shape index (κ1) is 11.0. The summed E-state index contributed by atoms with van der Waals surface area (Å²) in [6.45, 7) is 0. The molecular weight excluding hydrogens is 252 g/mol. The quantitative estimate of drug-likeness (QED) is 0.729. The molecule has 4 heteroatoms. The van der Waals surface area contributed by atoms with Crippen LogP contribution in [-0.2, 0) is 0 Å². The molecule has 3 rings (SSSR count). The van der Waals surface area contributed by atoms with Crippen LogP contribution in [0.25, 0.3) is 11.1 Å². The second kappa shape index (κ2) is 3.68. The molecule has 0 radical (unpaired) electrons. The number of carboxylic acids is 1. The number of hydrogen-bond acceptors (Lipinski definition) is 2. The van der Waals surface area contributed by atoms with Crippen LogP contribution in [0.4, 0.5) is 0 Å². The van der Waals surface area contributed by atoms with Gasteiger partial charge in [-0.1, -0.05) is 35.9 Å². The Labute approximate surface area is 108 Å². The number of rotatable bonds is 1. The number of carboxylic acid groups (broad SMARTS) is 1. The predicted octanol–water partition coefficient (Wildman–Crippen LogP) is 3.25. The van der Waals surface area contributed by atoms with Crippen LogP contribution in [0.5, 0.6) is 0 Å². The summed E-state index contributed by atoms with van der Waals surface area (Å²) in [5.41, 5.74) is 2.45. The van der Waals surface area contributed by atoms with Gasteiger partial charge in [0.25, 0.3) is 0 Å². The van der Waals surface area contributed by atoms with E-state index in [0.717, 1.165) is 5.56 Å². The molecule has 0 saturated heterocycles. The molecule has 2 aromatic rings. The van der Waals surface area contributed by atoms with Crippen LogP contribution in [0.2, 0.25) is 5.02 Å². The zero-order valence-electron chi connectivity index (χ0n) is 9.11. The van der Waals surface area contributed by atoms with Gasteiger partial charge in [0.15, 0.2) is 5.78 Å². The van der Waals surface area contributed by atoms with Crippen molar-refractivity contribution in [3.63, 3.8) is 0 Å². The molecule has 0 fully saturated rings. The second-order valence-corrected chi connectivity index (χ2v) is 4.46. The van der Waals surface area contributed by atoms with Crippen molar-refractivity contribution in [2.45, 2.75) is 0 Å². The molecule has 0 bridgehead atoms. The fourth-order valence-corrected chi connectivity index (χ4v) is 2.45. The summed E-state index contributed by atoms with van der Waals surface area (Å²) in [6.07, 6.45) is 0. The molecule has 1 aliphatic rings. The van der Waals surface area contributed by atoms with Crippen molar-refractivity contribution in [1.82, 2.24) is 0 Å². The van der Waals surface area contributed by atoms with Gasteiger partial charge in [-0.05, 0) is 23.3 Å². The maximum Gasteiger partial charge on any atom is 0.337 e. The molecule has 0 aromatic heterocycles. The molecule has 1 N–H and O–H groups in total. The average molecular weight is 259 g/mol. The zero-order valence-corrected chi connectivity index (χ0v) is 9.86. The summed E-state index contributed by atoms with van der Waals surface area (Å²) in [7, 11) is 0. The third kappa shape index (κ3) is 1.38. The van der Waals surface area contributed by atoms with Crippen molar-refractivity contribution in [2.24, 2.45) is 0 Å². The van der Waals surface area contributed by atoms with E-state index < -0.39 is 5.97 Å². The van der Waals surface area contributed by atoms with E-state index >= 15 is 0 Å². The van der Waals surface area contributed by atoms with E-state index in [4.69, 9.17) is 16.7 Å². The number of halogens is 1. The van der Waals surface area contributed by atoms with Crippen molar-refractivity contribution < 1.29 is 14.7 Å². The minimum absolute atomic E-state index is 0.0448. The molecule has 0 atom stereocenters. The van der Waals surface area contributed by atoms with Crippen LogP contribution in [0.1, 0.15) is 26.3 Å². The lowest BCUT2D eigenvalue weighted by Gasteiger charge is -2.03. The summed E-state index contributed by atoms with van der Waals surface area (Å²) in [5.74, 6) is -1.29. The summed E-state index contributed by atoms with van der Waals surface area (Å²) < 4.78 is 0. The van der Waals surface area contributed by atoms with Crippen LogP contribution in [0.15, 0.2) is 36.4 Å². The third-order valence-corrected chi connectivity index (χ3v) is 3.36. The Morgan fingerprint density at radius 2 is 1.67 bits per heavy atom. The number of carbonyl (C=O) groups excluding carboxylic acids is 1. The first-order valence-electron chi connectivity index (χ1n) is 5.30. The van der Waals surface area contributed by atoms with Gasteiger partial charge in [-0.3, -0.25) is 4.79 Å². The van der Waals surface area contributed by atoms with Crippen molar-refractivity contribution in [3.8, 4) is 11.1 Å². The fourth-order valence-electron chi connectivity index (χ4n) is 2.21. The lowest BCUT2D eigenvalue weighted by atomic mass is 10.0. The molecule has 0 heterocycles. The molecular formula is C14H7ClO3. The largest absolute Gasteiger partial charge is 0.478 e. The summed E-state index contributed by atoms with van der Waals surface area (Å²) in [5, 5.41) is 9.15. The molecule has 2 aromatic carbocycles. The summed E-state index contributed by atoms with van der Waals surface area (Å²) in [6, 6.07) is 10.1. The minimum Gasteiger partial charge on any atom is -0.478 e. The molecule has 0 aliphatic heterocycles. The topological polar surface area (TPSA) is 54.4 Å². The zero-order chi connectivity index (χ0) is 12.9. The van der Waals surface area contributed by atoms with Crippen molar-refractivity contribution in [1.29, 1.82) is 0 Å². The number of ketones is 1. The van der Waals surface area contributed by atoms with Gasteiger partial charge in [0, 0.05) is 11.1 Å². The Balaban J connectivity index is 2.33. The maximum absolute atomic E-state index is 12.1. The predicted molar refractivity (Wildman–Crippen MR) is 67.3 cm³/mol. The van der Waals surface area contributed by atoms with E-state index in [1.54, 1.807) is 18.2 Å². The van der Waals surface area contributed by atoms with Gasteiger partial charge in [-0.25, -0.2) is 4.79 Å². The van der Waals surface area contributed by atoms with Crippen LogP contribution in [0, 0.1) is 0 Å². The molecule has 18 heavy (non-hydrogen) atoms. The number of aromatic carboxylic acids is 1. The highest BCUT2D eigenvalue weighted by Crippen LogP contribution is 2.39. The molecule has 1 aliphatic carbocycles. The van der Waals surface area contributed by atoms with Crippen LogP contribution >= 0.6 is 11.6 Å². The van der Waals surface area contributed by atoms with Gasteiger partial charge in [-0.15, -0.1) is 0 Å². The van der Waals surface area contributed by atoms with Gasteiger partial charge >= 0.3 is 5.97 Å². The number of benzene rings is 2. The SMILES string of the molecule is O=C(O)c1cc2c(cc1Cl)-c1ccccc1C2=O. The molecule has 0 unspecified atom stereocenters. The number of hydrogen-bond donors (Lipinski definition) is 1. The molecule has 88 valence electrons. The highest BCUT2D eigenvalue weighted by atomic mass is 35.5. The first-order valence-corrected chi connectivity index (χ1v) is 5.68. The Bertz CT molecular complexity index is 704. The Morgan fingerprint density at radius 3 is 2.33 bits per heavy atom. The Morgan fingerprint density at radius 1 is 1.00 bits per heavy atom. The summed E-state index contributed by atoms with van der Waals surface area (Å²) in [4.78, 5) is 23.1. The highest BCUT2D eigenvalue weighted by molar-refractivity contribution is 6.35. The average Bonchev–Trinajstić information content (AvgIpc) is 2.62. The number of carbonyl (C=O) groups is 2. The van der Waals surface area contributed by atoms with E-state index in [1.165, 1.54) is 6.07 Å². The number of fused-ring (bicyclic) bond motifs is 3. The van der Waals surface area contributed by atoms with Crippen molar-refractivity contribution >= 4 is 23.4 Å². The van der Waals surface area contributed by atoms with E-state index in [1.807, 2.05) is 12.1 Å². The van der Waals surface area contributed by atoms with Gasteiger partial charge in [-0.2, -0.15) is 0 Å². The molecule has 0 saturated carbocycles. The van der Waals surface area contributed by atoms with Crippen molar-refractivity contribution in [2.75, 3.05) is 0 Å². The molecule has 3 nitrogen and oxygen atoms in total. The van der Waals surface area contributed by atoms with E-state index in [0.29, 0.717) is 16.7 Å². The van der Waals surface area contributed by atoms with Gasteiger partial charge in [0.05, 0.1) is 10.6 Å². The van der Waals surface area contributed by atoms with Crippen molar-refractivity contribution in [3.05, 3.63) is 58.1 Å². The maximum atomic E-state index is 12.1. The fraction of sp³-hybridized carbons (Fsp3) is 0. The van der Waals surface area contributed by atoms with Crippen LogP contribution in [-0.4, -0.2) is 16.9 Å². The van der Waals surface area contributed by atoms with Gasteiger partial charge < -0.3 is 5.11 Å². The van der Waals surface area contributed by atoms with Crippen LogP contribution < -0.4 is 0 Å². The normalized spacial score (nSPS) is 12.2. The first-order chi connectivity index (χ1) is 8.59. The third-order valence-electron chi connectivity index (χ3n) is 3.04. The molecule has 0 amide bonds. The van der Waals surface area contributed by atoms with Crippen LogP contribution in [0.3, 0.4) is 0 Å². The smallest absolute Gasteiger partial charge is 0.337 e. The Hall–Kier alpha value is -2.13. The van der Waals surface area contributed by atoms with E-state index in [9.17, 15) is 9.59 Å². The Kier molecular flexibility index (Phi) is 2.25. The highest BCUT2D eigenvalue weighted by Gasteiger charge is 2.28. The van der Waals surface area contributed by atoms with Gasteiger partial charge in [0.1, 0.15) is 0 Å². The van der Waals surface area contributed by atoms with Gasteiger partial charge in [0.2, 0.25) is 0 Å². The van der Waals surface area contributed by atoms with E-state index in [2.05, 4.69) is 0 Å². The van der Waals surface area contributed by atoms with E-state index in [-0.39, 0.29) is 16.4 Å². The minimum atomic E-state index is -1.13. The monoisotopic (exact) mass is 258 g/mol. The lowest BCUT2D eigenvalue weighted by molar-refractivity contribution is 0.0697. The summed E-state index contributed by atoms with van der Waals surface area (Å²) >= 11 is 5.92. The molecule has 0 spiro atoms. The second-order valence-electron chi connectivity index (χ2n) is 4.06. The standard InChI is InChI=1S/C14H7ClO3/c15-12-6-9-7-3-1-2-4-8(7)13(16)10(9)5-11(12)14(17)18/h1-6H,(H,17,18).